The van der Waals surface area contributed by atoms with Crippen LogP contribution in [0.15, 0.2) is 52.1 Å². The first-order chi connectivity index (χ1) is 13.5. The first-order valence-corrected chi connectivity index (χ1v) is 10.8. The van der Waals surface area contributed by atoms with E-state index in [2.05, 4.69) is 15.5 Å². The number of carbonyl (C=O) groups is 1. The van der Waals surface area contributed by atoms with Crippen molar-refractivity contribution in [3.63, 3.8) is 0 Å². The average molecular weight is 450 g/mol. The van der Waals surface area contributed by atoms with Crippen LogP contribution < -0.4 is 5.32 Å². The van der Waals surface area contributed by atoms with Crippen LogP contribution >= 0.6 is 46.3 Å². The van der Waals surface area contributed by atoms with E-state index in [0.717, 1.165) is 32.3 Å². The molecule has 4 rings (SSSR count). The first-order valence-electron chi connectivity index (χ1n) is 8.21. The number of fused-ring (bicyclic) bond motifs is 1. The fraction of sp³-hybridized carbons (Fsp3) is 0.105. The van der Waals surface area contributed by atoms with Crippen LogP contribution in [0.4, 0.5) is 5.69 Å². The molecule has 0 unspecified atom stereocenters. The first kappa shape index (κ1) is 19.3. The fourth-order valence-corrected chi connectivity index (χ4v) is 4.74. The molecule has 5 nitrogen and oxygen atoms in total. The van der Waals surface area contributed by atoms with Crippen LogP contribution in [0, 0.1) is 6.92 Å². The number of thioether (sulfide) groups is 1. The number of aromatic nitrogens is 2. The number of thiophene rings is 1. The standard InChI is InChI=1S/C19H13Cl2N3O2S2/c1-10-12(20)6-4-7-13(10)22-15(25)9-27-19-24-23-18(26-19)17-16(21)11-5-2-3-8-14(11)28-17/h2-8H,9H2,1H3,(H,22,25). The minimum absolute atomic E-state index is 0.133. The van der Waals surface area contributed by atoms with Crippen LogP contribution in [0.25, 0.3) is 20.9 Å². The van der Waals surface area contributed by atoms with Crippen molar-refractivity contribution < 1.29 is 9.21 Å². The van der Waals surface area contributed by atoms with Gasteiger partial charge in [0.2, 0.25) is 5.91 Å². The maximum Gasteiger partial charge on any atom is 0.277 e. The predicted molar refractivity (Wildman–Crippen MR) is 116 cm³/mol. The largest absolute Gasteiger partial charge is 0.410 e. The molecule has 0 spiro atoms. The Balaban J connectivity index is 1.44. The topological polar surface area (TPSA) is 68.0 Å². The van der Waals surface area contributed by atoms with Gasteiger partial charge in [-0.05, 0) is 30.7 Å². The zero-order valence-corrected chi connectivity index (χ0v) is 17.7. The number of nitrogens with zero attached hydrogens (tertiary/aromatic N) is 2. The minimum atomic E-state index is -0.185. The molecule has 0 atom stereocenters. The number of hydrogen-bond acceptors (Lipinski definition) is 6. The Morgan fingerprint density at radius 3 is 2.82 bits per heavy atom. The van der Waals surface area contributed by atoms with Crippen molar-refractivity contribution in [2.24, 2.45) is 0 Å². The zero-order valence-electron chi connectivity index (χ0n) is 14.5. The summed E-state index contributed by atoms with van der Waals surface area (Å²) in [5, 5.41) is 13.4. The Morgan fingerprint density at radius 1 is 1.18 bits per heavy atom. The Hall–Kier alpha value is -2.06. The molecule has 4 aromatic rings. The van der Waals surface area contributed by atoms with Crippen molar-refractivity contribution in [2.45, 2.75) is 12.1 Å². The molecule has 2 aromatic heterocycles. The Morgan fingerprint density at radius 2 is 2.00 bits per heavy atom. The second-order valence-electron chi connectivity index (χ2n) is 5.86. The summed E-state index contributed by atoms with van der Waals surface area (Å²) in [7, 11) is 0. The molecule has 0 aliphatic heterocycles. The lowest BCUT2D eigenvalue weighted by Crippen LogP contribution is -2.14. The summed E-state index contributed by atoms with van der Waals surface area (Å²) in [6.07, 6.45) is 0. The highest BCUT2D eigenvalue weighted by atomic mass is 35.5. The van der Waals surface area contributed by atoms with Crippen molar-refractivity contribution in [1.82, 2.24) is 10.2 Å². The van der Waals surface area contributed by atoms with E-state index in [0.29, 0.717) is 26.8 Å². The van der Waals surface area contributed by atoms with E-state index < -0.39 is 0 Å². The summed E-state index contributed by atoms with van der Waals surface area (Å²) in [5.74, 6) is 0.295. The van der Waals surface area contributed by atoms with E-state index in [-0.39, 0.29) is 11.7 Å². The maximum atomic E-state index is 12.2. The SMILES string of the molecule is Cc1c(Cl)cccc1NC(=O)CSc1nnc(-c2sc3ccccc3c2Cl)o1. The smallest absolute Gasteiger partial charge is 0.277 e. The molecule has 2 heterocycles. The molecule has 0 aliphatic carbocycles. The van der Waals surface area contributed by atoms with Crippen LogP contribution in [0.1, 0.15) is 5.56 Å². The zero-order chi connectivity index (χ0) is 19.7. The second-order valence-corrected chi connectivity index (χ2v) is 8.63. The molecule has 28 heavy (non-hydrogen) atoms. The van der Waals surface area contributed by atoms with Gasteiger partial charge >= 0.3 is 0 Å². The molecule has 0 radical (unpaired) electrons. The monoisotopic (exact) mass is 449 g/mol. The van der Waals surface area contributed by atoms with Gasteiger partial charge in [-0.3, -0.25) is 4.79 Å². The molecule has 0 saturated heterocycles. The Labute approximate surface area is 179 Å². The molecule has 0 saturated carbocycles. The molecular weight excluding hydrogens is 437 g/mol. The van der Waals surface area contributed by atoms with Crippen LogP contribution in [-0.2, 0) is 4.79 Å². The number of rotatable bonds is 5. The fourth-order valence-electron chi connectivity index (χ4n) is 2.57. The molecule has 142 valence electrons. The molecular formula is C19H13Cl2N3O2S2. The summed E-state index contributed by atoms with van der Waals surface area (Å²) < 4.78 is 6.74. The summed E-state index contributed by atoms with van der Waals surface area (Å²) in [6, 6.07) is 13.2. The van der Waals surface area contributed by atoms with Crippen molar-refractivity contribution in [1.29, 1.82) is 0 Å². The highest BCUT2D eigenvalue weighted by Crippen LogP contribution is 2.41. The quantitative estimate of drug-likeness (QED) is 0.362. The van der Waals surface area contributed by atoms with Gasteiger partial charge in [-0.2, -0.15) is 0 Å². The van der Waals surface area contributed by atoms with Gasteiger partial charge in [0.05, 0.1) is 10.8 Å². The molecule has 1 N–H and O–H groups in total. The number of halogens is 2. The van der Waals surface area contributed by atoms with E-state index in [1.54, 1.807) is 18.2 Å². The lowest BCUT2D eigenvalue weighted by Gasteiger charge is -2.08. The van der Waals surface area contributed by atoms with Crippen molar-refractivity contribution in [2.75, 3.05) is 11.1 Å². The lowest BCUT2D eigenvalue weighted by atomic mass is 10.2. The number of hydrogen-bond donors (Lipinski definition) is 1. The van der Waals surface area contributed by atoms with Gasteiger partial charge in [-0.15, -0.1) is 21.5 Å². The van der Waals surface area contributed by atoms with E-state index in [4.69, 9.17) is 27.6 Å². The predicted octanol–water partition coefficient (Wildman–Crippen LogP) is 6.30. The van der Waals surface area contributed by atoms with Gasteiger partial charge in [0.25, 0.3) is 11.1 Å². The Kier molecular flexibility index (Phi) is 5.59. The molecule has 9 heteroatoms. The van der Waals surface area contributed by atoms with E-state index >= 15 is 0 Å². The molecule has 1 amide bonds. The van der Waals surface area contributed by atoms with Gasteiger partial charge < -0.3 is 9.73 Å². The van der Waals surface area contributed by atoms with Crippen LogP contribution in [0.2, 0.25) is 10.0 Å². The van der Waals surface area contributed by atoms with Crippen molar-refractivity contribution in [3.05, 3.63) is 58.1 Å². The summed E-state index contributed by atoms with van der Waals surface area (Å²) in [6.45, 7) is 1.85. The van der Waals surface area contributed by atoms with Crippen LogP contribution in [0.5, 0.6) is 0 Å². The average Bonchev–Trinajstić information content (AvgIpc) is 3.29. The molecule has 2 aromatic carbocycles. The van der Waals surface area contributed by atoms with Gasteiger partial charge in [0, 0.05) is 20.8 Å². The highest BCUT2D eigenvalue weighted by Gasteiger charge is 2.18. The maximum absolute atomic E-state index is 12.2. The molecule has 0 aliphatic rings. The van der Waals surface area contributed by atoms with Crippen LogP contribution in [-0.4, -0.2) is 21.9 Å². The van der Waals surface area contributed by atoms with Crippen molar-refractivity contribution >= 4 is 68.0 Å². The molecule has 0 fully saturated rings. The third-order valence-corrected chi connectivity index (χ3v) is 6.90. The number of amides is 1. The van der Waals surface area contributed by atoms with E-state index in [1.807, 2.05) is 31.2 Å². The summed E-state index contributed by atoms with van der Waals surface area (Å²) in [5.41, 5.74) is 1.50. The van der Waals surface area contributed by atoms with Gasteiger partial charge in [0.15, 0.2) is 0 Å². The summed E-state index contributed by atoms with van der Waals surface area (Å²) >= 11 is 15.2. The third-order valence-electron chi connectivity index (χ3n) is 4.00. The lowest BCUT2D eigenvalue weighted by molar-refractivity contribution is -0.113. The minimum Gasteiger partial charge on any atom is -0.410 e. The Bertz CT molecular complexity index is 1170. The molecule has 0 bridgehead atoms. The van der Waals surface area contributed by atoms with E-state index in [9.17, 15) is 4.79 Å². The number of anilines is 1. The van der Waals surface area contributed by atoms with Crippen LogP contribution in [0.3, 0.4) is 0 Å². The number of nitrogens with one attached hydrogen (secondary N) is 1. The number of carbonyl (C=O) groups excluding carboxylic acids is 1. The van der Waals surface area contributed by atoms with E-state index in [1.165, 1.54) is 11.3 Å². The highest BCUT2D eigenvalue weighted by molar-refractivity contribution is 7.99. The summed E-state index contributed by atoms with van der Waals surface area (Å²) in [4.78, 5) is 12.9. The second kappa shape index (κ2) is 8.13. The number of benzene rings is 2. The normalized spacial score (nSPS) is 11.1. The van der Waals surface area contributed by atoms with Gasteiger partial charge in [-0.1, -0.05) is 59.2 Å². The van der Waals surface area contributed by atoms with Crippen molar-refractivity contribution in [3.8, 4) is 10.8 Å². The third kappa shape index (κ3) is 3.89. The van der Waals surface area contributed by atoms with Gasteiger partial charge in [0.1, 0.15) is 4.88 Å². The van der Waals surface area contributed by atoms with Gasteiger partial charge in [-0.25, -0.2) is 0 Å².